The number of nitrogens with one attached hydrogen (secondary N) is 3. The lowest BCUT2D eigenvalue weighted by molar-refractivity contribution is -0.136. The van der Waals surface area contributed by atoms with Crippen LogP contribution in [-0.4, -0.2) is 66.0 Å². The van der Waals surface area contributed by atoms with Gasteiger partial charge in [-0.15, -0.1) is 0 Å². The Morgan fingerprint density at radius 2 is 1.34 bits per heavy atom. The molecule has 0 aromatic heterocycles. The van der Waals surface area contributed by atoms with Gasteiger partial charge in [0.15, 0.2) is 5.11 Å². The molecule has 7 nitrogen and oxygen atoms in total. The third-order valence-corrected chi connectivity index (χ3v) is 5.00. The normalized spacial score (nSPS) is 14.1. The van der Waals surface area contributed by atoms with Crippen molar-refractivity contribution < 1.29 is 9.59 Å². The number of benzene rings is 2. The van der Waals surface area contributed by atoms with Gasteiger partial charge in [-0.2, -0.15) is 0 Å². The lowest BCUT2D eigenvalue weighted by Crippen LogP contribution is -2.51. The van der Waals surface area contributed by atoms with Crippen molar-refractivity contribution in [3.63, 3.8) is 0 Å². The minimum Gasteiger partial charge on any atom is -0.347 e. The molecule has 152 valence electrons. The maximum atomic E-state index is 11.9. The summed E-state index contributed by atoms with van der Waals surface area (Å²) in [6.07, 6.45) is 0. The van der Waals surface area contributed by atoms with Gasteiger partial charge in [0.25, 0.3) is 0 Å². The number of piperazine rings is 1. The Morgan fingerprint density at radius 3 is 1.93 bits per heavy atom. The van der Waals surface area contributed by atoms with Crippen molar-refractivity contribution in [2.75, 3.05) is 49.9 Å². The molecular weight excluding hydrogens is 386 g/mol. The Hall–Kier alpha value is -2.97. The summed E-state index contributed by atoms with van der Waals surface area (Å²) in [4.78, 5) is 28.2. The molecule has 1 saturated heterocycles. The minimum atomic E-state index is -0.654. The Bertz CT molecular complexity index is 823. The summed E-state index contributed by atoms with van der Waals surface area (Å²) in [6, 6.07) is 18.8. The molecule has 1 fully saturated rings. The predicted molar refractivity (Wildman–Crippen MR) is 119 cm³/mol. The van der Waals surface area contributed by atoms with Gasteiger partial charge >= 0.3 is 11.8 Å². The third kappa shape index (κ3) is 6.55. The van der Waals surface area contributed by atoms with E-state index in [-0.39, 0.29) is 0 Å². The van der Waals surface area contributed by atoms with E-state index < -0.39 is 11.8 Å². The van der Waals surface area contributed by atoms with Crippen LogP contribution in [0.25, 0.3) is 0 Å². The van der Waals surface area contributed by atoms with Gasteiger partial charge in [0.2, 0.25) is 0 Å². The smallest absolute Gasteiger partial charge is 0.313 e. The van der Waals surface area contributed by atoms with E-state index in [1.807, 2.05) is 36.4 Å². The van der Waals surface area contributed by atoms with Crippen LogP contribution in [0.3, 0.4) is 0 Å². The number of rotatable bonds is 5. The van der Waals surface area contributed by atoms with Gasteiger partial charge in [0.05, 0.1) is 0 Å². The second-order valence-electron chi connectivity index (χ2n) is 6.70. The average Bonchev–Trinajstić information content (AvgIpc) is 2.75. The Balaban J connectivity index is 1.33. The van der Waals surface area contributed by atoms with Crippen LogP contribution in [0, 0.1) is 0 Å². The van der Waals surface area contributed by atoms with Crippen LogP contribution in [0.2, 0.25) is 0 Å². The van der Waals surface area contributed by atoms with Crippen LogP contribution in [0.15, 0.2) is 60.7 Å². The highest BCUT2D eigenvalue weighted by Crippen LogP contribution is 2.09. The molecule has 0 saturated carbocycles. The van der Waals surface area contributed by atoms with E-state index in [2.05, 4.69) is 25.8 Å². The summed E-state index contributed by atoms with van der Waals surface area (Å²) in [7, 11) is 0. The van der Waals surface area contributed by atoms with Gasteiger partial charge in [-0.25, -0.2) is 0 Å². The molecule has 0 spiro atoms. The van der Waals surface area contributed by atoms with E-state index in [1.165, 1.54) is 0 Å². The van der Waals surface area contributed by atoms with Crippen molar-refractivity contribution >= 4 is 40.5 Å². The Morgan fingerprint density at radius 1 is 0.793 bits per heavy atom. The van der Waals surface area contributed by atoms with E-state index >= 15 is 0 Å². The van der Waals surface area contributed by atoms with Gasteiger partial charge in [-0.1, -0.05) is 36.4 Å². The fraction of sp³-hybridized carbons (Fsp3) is 0.286. The predicted octanol–water partition coefficient (Wildman–Crippen LogP) is 1.76. The maximum absolute atomic E-state index is 11.9. The monoisotopic (exact) mass is 411 g/mol. The molecule has 2 aromatic carbocycles. The lowest BCUT2D eigenvalue weighted by atomic mass is 10.3. The summed E-state index contributed by atoms with van der Waals surface area (Å²) >= 11 is 5.49. The molecule has 0 unspecified atom stereocenters. The van der Waals surface area contributed by atoms with Crippen LogP contribution < -0.4 is 16.0 Å². The number of hydrogen-bond donors (Lipinski definition) is 3. The molecule has 8 heteroatoms. The molecule has 0 radical (unpaired) electrons. The first-order chi connectivity index (χ1) is 14.1. The summed E-state index contributed by atoms with van der Waals surface area (Å²) in [5.74, 6) is -1.28. The first-order valence-electron chi connectivity index (χ1n) is 9.59. The molecule has 1 aliphatic rings. The first-order valence-corrected chi connectivity index (χ1v) is 10.0. The second-order valence-corrected chi connectivity index (χ2v) is 7.09. The van der Waals surface area contributed by atoms with Crippen molar-refractivity contribution in [2.45, 2.75) is 0 Å². The molecule has 29 heavy (non-hydrogen) atoms. The number of nitrogens with zero attached hydrogens (tertiary/aromatic N) is 2. The number of carbonyl (C=O) groups excluding carboxylic acids is 2. The summed E-state index contributed by atoms with van der Waals surface area (Å²) < 4.78 is 0. The van der Waals surface area contributed by atoms with E-state index in [4.69, 9.17) is 12.2 Å². The zero-order valence-electron chi connectivity index (χ0n) is 16.1. The molecular formula is C21H25N5O2S. The maximum Gasteiger partial charge on any atom is 0.313 e. The van der Waals surface area contributed by atoms with E-state index in [9.17, 15) is 9.59 Å². The zero-order chi connectivity index (χ0) is 20.5. The van der Waals surface area contributed by atoms with Crippen molar-refractivity contribution in [1.29, 1.82) is 0 Å². The number of amides is 2. The SMILES string of the molecule is O=C(NCCN1CCN(C(=S)Nc2ccccc2)CC1)C(=O)Nc1ccccc1. The van der Waals surface area contributed by atoms with Crippen LogP contribution in [-0.2, 0) is 9.59 Å². The quantitative estimate of drug-likeness (QED) is 0.514. The third-order valence-electron chi connectivity index (χ3n) is 4.64. The average molecular weight is 412 g/mol. The van der Waals surface area contributed by atoms with Gasteiger partial charge < -0.3 is 20.9 Å². The van der Waals surface area contributed by atoms with Gasteiger partial charge in [-0.3, -0.25) is 14.5 Å². The molecule has 1 heterocycles. The van der Waals surface area contributed by atoms with Crippen molar-refractivity contribution in [2.24, 2.45) is 0 Å². The molecule has 0 atom stereocenters. The van der Waals surface area contributed by atoms with Gasteiger partial charge in [0, 0.05) is 50.6 Å². The summed E-state index contributed by atoms with van der Waals surface area (Å²) in [5, 5.41) is 9.23. The number of carbonyl (C=O) groups is 2. The highest BCUT2D eigenvalue weighted by Gasteiger charge is 2.19. The summed E-state index contributed by atoms with van der Waals surface area (Å²) in [5.41, 5.74) is 1.58. The molecule has 0 aliphatic carbocycles. The largest absolute Gasteiger partial charge is 0.347 e. The number of hydrogen-bond acceptors (Lipinski definition) is 4. The number of para-hydroxylation sites is 2. The lowest BCUT2D eigenvalue weighted by Gasteiger charge is -2.36. The first kappa shape index (κ1) is 20.8. The van der Waals surface area contributed by atoms with E-state index in [1.54, 1.807) is 24.3 Å². The van der Waals surface area contributed by atoms with Gasteiger partial charge in [0.1, 0.15) is 0 Å². The van der Waals surface area contributed by atoms with Gasteiger partial charge in [-0.05, 0) is 36.5 Å². The Labute approximate surface area is 176 Å². The van der Waals surface area contributed by atoms with Crippen molar-refractivity contribution in [3.8, 4) is 0 Å². The van der Waals surface area contributed by atoms with E-state index in [0.717, 1.165) is 37.0 Å². The molecule has 1 aliphatic heterocycles. The molecule has 0 bridgehead atoms. The summed E-state index contributed by atoms with van der Waals surface area (Å²) in [6.45, 7) is 4.46. The van der Waals surface area contributed by atoms with Crippen LogP contribution in [0.1, 0.15) is 0 Å². The molecule has 3 N–H and O–H groups in total. The van der Waals surface area contributed by atoms with Crippen LogP contribution in [0.5, 0.6) is 0 Å². The number of anilines is 2. The highest BCUT2D eigenvalue weighted by atomic mass is 32.1. The van der Waals surface area contributed by atoms with E-state index in [0.29, 0.717) is 18.8 Å². The fourth-order valence-electron chi connectivity index (χ4n) is 3.02. The van der Waals surface area contributed by atoms with Crippen molar-refractivity contribution in [3.05, 3.63) is 60.7 Å². The minimum absolute atomic E-state index is 0.424. The van der Waals surface area contributed by atoms with Crippen molar-refractivity contribution in [1.82, 2.24) is 15.1 Å². The second kappa shape index (κ2) is 10.5. The molecule has 2 amide bonds. The van der Waals surface area contributed by atoms with Crippen LogP contribution in [0.4, 0.5) is 11.4 Å². The standard InChI is InChI=1S/C21H25N5O2S/c27-19(20(28)23-17-7-3-1-4-8-17)22-11-12-25-13-15-26(16-14-25)21(29)24-18-9-5-2-6-10-18/h1-10H,11-16H2,(H,22,27)(H,23,28)(H,24,29). The Kier molecular flexibility index (Phi) is 7.54. The van der Waals surface area contributed by atoms with Crippen LogP contribution >= 0.6 is 12.2 Å². The fourth-order valence-corrected chi connectivity index (χ4v) is 3.32. The molecule has 2 aromatic rings. The topological polar surface area (TPSA) is 76.7 Å². The zero-order valence-corrected chi connectivity index (χ0v) is 17.0. The highest BCUT2D eigenvalue weighted by molar-refractivity contribution is 7.80. The number of thiocarbonyl (C=S) groups is 1. The molecule has 3 rings (SSSR count).